The molecule has 3 aliphatic rings. The van der Waals surface area contributed by atoms with E-state index in [1.807, 2.05) is 14.0 Å². The number of piperidine rings is 2. The van der Waals surface area contributed by atoms with Gasteiger partial charge in [-0.3, -0.25) is 9.89 Å². The Morgan fingerprint density at radius 1 is 1.17 bits per heavy atom. The fourth-order valence-corrected chi connectivity index (χ4v) is 5.20. The quantitative estimate of drug-likeness (QED) is 0.579. The van der Waals surface area contributed by atoms with E-state index < -0.39 is 0 Å². The molecule has 1 unspecified atom stereocenters. The van der Waals surface area contributed by atoms with Gasteiger partial charge < -0.3 is 15.5 Å². The van der Waals surface area contributed by atoms with Gasteiger partial charge in [0.2, 0.25) is 0 Å². The third kappa shape index (κ3) is 4.74. The number of aryl methyl sites for hydroxylation is 2. The summed E-state index contributed by atoms with van der Waals surface area (Å²) in [6, 6.07) is 0.346. The summed E-state index contributed by atoms with van der Waals surface area (Å²) in [5, 5.41) is 11.9. The van der Waals surface area contributed by atoms with Crippen molar-refractivity contribution in [3.63, 3.8) is 0 Å². The highest BCUT2D eigenvalue weighted by Crippen LogP contribution is 2.30. The van der Waals surface area contributed by atoms with Crippen LogP contribution in [0, 0.1) is 6.92 Å². The van der Waals surface area contributed by atoms with Crippen LogP contribution >= 0.6 is 0 Å². The van der Waals surface area contributed by atoms with Crippen molar-refractivity contribution >= 4 is 5.96 Å². The van der Waals surface area contributed by atoms with Gasteiger partial charge in [0.15, 0.2) is 5.96 Å². The number of rotatable bonds is 4. The van der Waals surface area contributed by atoms with Crippen LogP contribution in [0.5, 0.6) is 0 Å². The van der Waals surface area contributed by atoms with Crippen LogP contribution in [-0.4, -0.2) is 88.9 Å². The SMILES string of the molecule is CN=C(NCC1(N2CCCCC2)CCN(C)CC1)NC1CCc2nc(C)nn2C1. The van der Waals surface area contributed by atoms with Crippen LogP contribution in [0.4, 0.5) is 0 Å². The van der Waals surface area contributed by atoms with Crippen LogP contribution in [0.3, 0.4) is 0 Å². The van der Waals surface area contributed by atoms with E-state index in [2.05, 4.69) is 47.2 Å². The zero-order chi connectivity index (χ0) is 20.3. The molecule has 4 heterocycles. The second kappa shape index (κ2) is 9.00. The minimum atomic E-state index is 0.257. The maximum Gasteiger partial charge on any atom is 0.191 e. The van der Waals surface area contributed by atoms with Crippen LogP contribution < -0.4 is 10.6 Å². The van der Waals surface area contributed by atoms with E-state index in [1.54, 1.807) is 0 Å². The number of aliphatic imine (C=N–C) groups is 1. The molecule has 0 bridgehead atoms. The summed E-state index contributed by atoms with van der Waals surface area (Å²) in [6.45, 7) is 8.65. The molecule has 8 heteroatoms. The van der Waals surface area contributed by atoms with E-state index in [0.717, 1.165) is 43.5 Å². The zero-order valence-corrected chi connectivity index (χ0v) is 18.5. The minimum absolute atomic E-state index is 0.257. The van der Waals surface area contributed by atoms with Crippen molar-refractivity contribution in [2.24, 2.45) is 4.99 Å². The third-order valence-corrected chi connectivity index (χ3v) is 7.06. The first-order valence-corrected chi connectivity index (χ1v) is 11.4. The van der Waals surface area contributed by atoms with Gasteiger partial charge in [0.05, 0.1) is 6.54 Å². The lowest BCUT2D eigenvalue weighted by Crippen LogP contribution is -2.62. The fourth-order valence-electron chi connectivity index (χ4n) is 5.20. The first kappa shape index (κ1) is 20.6. The molecule has 2 N–H and O–H groups in total. The maximum atomic E-state index is 4.54. The summed E-state index contributed by atoms with van der Waals surface area (Å²) >= 11 is 0. The van der Waals surface area contributed by atoms with Crippen molar-refractivity contribution < 1.29 is 0 Å². The Hall–Kier alpha value is -1.67. The Morgan fingerprint density at radius 2 is 1.93 bits per heavy atom. The fraction of sp³-hybridized carbons (Fsp3) is 0.857. The van der Waals surface area contributed by atoms with Crippen molar-refractivity contribution in [1.29, 1.82) is 0 Å². The smallest absolute Gasteiger partial charge is 0.191 e. The lowest BCUT2D eigenvalue weighted by molar-refractivity contribution is 0.0172. The monoisotopic (exact) mass is 402 g/mol. The molecule has 1 aromatic heterocycles. The van der Waals surface area contributed by atoms with Crippen molar-refractivity contribution in [3.05, 3.63) is 11.6 Å². The Bertz CT molecular complexity index is 698. The number of fused-ring (bicyclic) bond motifs is 1. The van der Waals surface area contributed by atoms with Gasteiger partial charge in [0, 0.05) is 31.6 Å². The highest BCUT2D eigenvalue weighted by atomic mass is 15.4. The van der Waals surface area contributed by atoms with E-state index in [0.29, 0.717) is 6.04 Å². The summed E-state index contributed by atoms with van der Waals surface area (Å²) in [5.41, 5.74) is 0.257. The van der Waals surface area contributed by atoms with Gasteiger partial charge in [0.25, 0.3) is 0 Å². The topological polar surface area (TPSA) is 73.6 Å². The van der Waals surface area contributed by atoms with Gasteiger partial charge in [-0.15, -0.1) is 0 Å². The molecule has 0 amide bonds. The molecule has 3 aliphatic heterocycles. The normalized spacial score (nSPS) is 26.2. The minimum Gasteiger partial charge on any atom is -0.355 e. The zero-order valence-electron chi connectivity index (χ0n) is 18.5. The predicted molar refractivity (Wildman–Crippen MR) is 116 cm³/mol. The molecular weight excluding hydrogens is 364 g/mol. The van der Waals surface area contributed by atoms with Crippen molar-refractivity contribution in [1.82, 2.24) is 35.2 Å². The van der Waals surface area contributed by atoms with E-state index in [4.69, 9.17) is 0 Å². The molecule has 2 saturated heterocycles. The molecule has 0 radical (unpaired) electrons. The summed E-state index contributed by atoms with van der Waals surface area (Å²) < 4.78 is 2.05. The second-order valence-corrected chi connectivity index (χ2v) is 9.14. The standard InChI is InChI=1S/C21H38N8/c1-17-24-19-8-7-18(15-29(19)26-17)25-20(22-2)23-16-21(9-13-27(3)14-10-21)28-11-5-4-6-12-28/h18H,4-16H2,1-3H3,(H2,22,23,25). The van der Waals surface area contributed by atoms with Crippen LogP contribution in [-0.2, 0) is 13.0 Å². The molecule has 8 nitrogen and oxygen atoms in total. The van der Waals surface area contributed by atoms with E-state index in [-0.39, 0.29) is 5.54 Å². The Labute approximate surface area is 175 Å². The number of hydrogen-bond acceptors (Lipinski definition) is 5. The van der Waals surface area contributed by atoms with Gasteiger partial charge in [-0.2, -0.15) is 5.10 Å². The lowest BCUT2D eigenvalue weighted by atomic mass is 9.84. The number of nitrogens with zero attached hydrogens (tertiary/aromatic N) is 6. The molecule has 1 aromatic rings. The molecular formula is C21H38N8. The molecule has 4 rings (SSSR count). The summed E-state index contributed by atoms with van der Waals surface area (Å²) in [7, 11) is 4.13. The molecule has 0 saturated carbocycles. The van der Waals surface area contributed by atoms with Crippen LogP contribution in [0.1, 0.15) is 50.2 Å². The van der Waals surface area contributed by atoms with E-state index >= 15 is 0 Å². The van der Waals surface area contributed by atoms with Gasteiger partial charge in [-0.25, -0.2) is 9.67 Å². The van der Waals surface area contributed by atoms with Crippen LogP contribution in [0.15, 0.2) is 4.99 Å². The molecule has 0 aromatic carbocycles. The lowest BCUT2D eigenvalue weighted by Gasteiger charge is -2.50. The number of likely N-dealkylation sites (tertiary alicyclic amines) is 2. The predicted octanol–water partition coefficient (Wildman–Crippen LogP) is 1.02. The molecule has 162 valence electrons. The highest BCUT2D eigenvalue weighted by molar-refractivity contribution is 5.80. The van der Waals surface area contributed by atoms with Crippen molar-refractivity contribution in [2.45, 2.75) is 70.0 Å². The number of guanidine groups is 1. The Morgan fingerprint density at radius 3 is 2.66 bits per heavy atom. The summed E-state index contributed by atoms with van der Waals surface area (Å²) in [4.78, 5) is 14.3. The molecule has 0 spiro atoms. The van der Waals surface area contributed by atoms with Gasteiger partial charge in [-0.1, -0.05) is 6.42 Å². The van der Waals surface area contributed by atoms with Crippen LogP contribution in [0.2, 0.25) is 0 Å². The number of nitrogens with one attached hydrogen (secondary N) is 2. The Balaban J connectivity index is 1.37. The Kier molecular flexibility index (Phi) is 6.39. The first-order valence-electron chi connectivity index (χ1n) is 11.4. The number of hydrogen-bond donors (Lipinski definition) is 2. The molecule has 29 heavy (non-hydrogen) atoms. The molecule has 2 fully saturated rings. The van der Waals surface area contributed by atoms with Crippen molar-refractivity contribution in [2.75, 3.05) is 46.8 Å². The van der Waals surface area contributed by atoms with E-state index in [9.17, 15) is 0 Å². The largest absolute Gasteiger partial charge is 0.355 e. The summed E-state index contributed by atoms with van der Waals surface area (Å²) in [6.07, 6.45) is 8.57. The summed E-state index contributed by atoms with van der Waals surface area (Å²) in [5.74, 6) is 2.90. The highest BCUT2D eigenvalue weighted by Gasteiger charge is 2.39. The average Bonchev–Trinajstić information content (AvgIpc) is 3.12. The molecule has 1 atom stereocenters. The van der Waals surface area contributed by atoms with Gasteiger partial charge in [-0.05, 0) is 72.3 Å². The van der Waals surface area contributed by atoms with Gasteiger partial charge >= 0.3 is 0 Å². The number of aromatic nitrogens is 3. The second-order valence-electron chi connectivity index (χ2n) is 9.14. The van der Waals surface area contributed by atoms with E-state index in [1.165, 1.54) is 58.3 Å². The van der Waals surface area contributed by atoms with Crippen LogP contribution in [0.25, 0.3) is 0 Å². The maximum absolute atomic E-state index is 4.54. The third-order valence-electron chi connectivity index (χ3n) is 7.06. The average molecular weight is 403 g/mol. The first-order chi connectivity index (χ1) is 14.1. The van der Waals surface area contributed by atoms with Gasteiger partial charge in [0.1, 0.15) is 11.6 Å². The van der Waals surface area contributed by atoms with Crippen molar-refractivity contribution in [3.8, 4) is 0 Å². The molecule has 0 aliphatic carbocycles.